The smallest absolute Gasteiger partial charge is 0.335 e. The van der Waals surface area contributed by atoms with E-state index in [4.69, 9.17) is 5.11 Å². The highest BCUT2D eigenvalue weighted by atomic mass is 79.9. The number of carbonyl (C=O) groups is 4. The van der Waals surface area contributed by atoms with Crippen LogP contribution in [0.5, 0.6) is 0 Å². The van der Waals surface area contributed by atoms with Crippen LogP contribution < -0.4 is 0 Å². The molecule has 0 bridgehead atoms. The number of aromatic carboxylic acids is 1. The maximum Gasteiger partial charge on any atom is 0.335 e. The van der Waals surface area contributed by atoms with Crippen molar-refractivity contribution < 1.29 is 24.3 Å². The Morgan fingerprint density at radius 1 is 1.25 bits per heavy atom. The minimum absolute atomic E-state index is 0.0768. The Balaban J connectivity index is 2.27. The van der Waals surface area contributed by atoms with Gasteiger partial charge in [0.05, 0.1) is 12.1 Å². The third-order valence-corrected chi connectivity index (χ3v) is 3.62. The van der Waals surface area contributed by atoms with E-state index >= 15 is 0 Å². The number of benzene rings is 1. The van der Waals surface area contributed by atoms with Crippen molar-refractivity contribution in [3.63, 3.8) is 0 Å². The molecule has 0 aliphatic carbocycles. The Kier molecular flexibility index (Phi) is 3.58. The molecular formula is C12H9BrN2O5. The average Bonchev–Trinajstić information content (AvgIpc) is 2.58. The summed E-state index contributed by atoms with van der Waals surface area (Å²) in [7, 11) is 1.23. The molecule has 1 aliphatic heterocycles. The Morgan fingerprint density at radius 3 is 2.35 bits per heavy atom. The fourth-order valence-electron chi connectivity index (χ4n) is 1.73. The van der Waals surface area contributed by atoms with Crippen LogP contribution in [-0.2, 0) is 16.1 Å². The zero-order chi connectivity index (χ0) is 15.0. The summed E-state index contributed by atoms with van der Waals surface area (Å²) >= 11 is 3.18. The van der Waals surface area contributed by atoms with Crippen molar-refractivity contribution in [2.45, 2.75) is 6.54 Å². The maximum absolute atomic E-state index is 11.7. The van der Waals surface area contributed by atoms with Crippen molar-refractivity contribution in [3.05, 3.63) is 33.8 Å². The third-order valence-electron chi connectivity index (χ3n) is 2.88. The first-order valence-corrected chi connectivity index (χ1v) is 6.27. The van der Waals surface area contributed by atoms with Crippen LogP contribution in [-0.4, -0.2) is 45.8 Å². The number of carboxylic acid groups (broad SMARTS) is 1. The van der Waals surface area contributed by atoms with Gasteiger partial charge < -0.3 is 5.11 Å². The quantitative estimate of drug-likeness (QED) is 0.655. The number of nitrogens with zero attached hydrogens (tertiary/aromatic N) is 2. The Morgan fingerprint density at radius 2 is 1.90 bits per heavy atom. The molecule has 0 aromatic heterocycles. The van der Waals surface area contributed by atoms with E-state index in [1.807, 2.05) is 0 Å². The molecule has 1 aliphatic rings. The number of carbonyl (C=O) groups excluding carboxylic acids is 3. The van der Waals surface area contributed by atoms with Crippen LogP contribution in [0.4, 0.5) is 4.79 Å². The number of imide groups is 2. The number of hydrogen-bond acceptors (Lipinski definition) is 4. The SMILES string of the molecule is CN1C(=O)C(=O)N(Cc2ccc(C(=O)O)cc2Br)C1=O. The van der Waals surface area contributed by atoms with Crippen molar-refractivity contribution in [2.24, 2.45) is 0 Å². The molecule has 0 saturated carbocycles. The normalized spacial score (nSPS) is 15.2. The molecule has 1 aromatic rings. The summed E-state index contributed by atoms with van der Waals surface area (Å²) in [6, 6.07) is 3.51. The van der Waals surface area contributed by atoms with Crippen molar-refractivity contribution in [2.75, 3.05) is 7.05 Å². The summed E-state index contributed by atoms with van der Waals surface area (Å²) < 4.78 is 0.444. The highest BCUT2D eigenvalue weighted by molar-refractivity contribution is 9.10. The van der Waals surface area contributed by atoms with Gasteiger partial charge in [-0.25, -0.2) is 9.59 Å². The number of likely N-dealkylation sites (N-methyl/N-ethyl adjacent to an activating group) is 1. The summed E-state index contributed by atoms with van der Waals surface area (Å²) in [5.74, 6) is -2.86. The number of carboxylic acids is 1. The van der Waals surface area contributed by atoms with E-state index in [1.165, 1.54) is 25.2 Å². The second-order valence-corrected chi connectivity index (χ2v) is 5.00. The number of hydrogen-bond donors (Lipinski definition) is 1. The van der Waals surface area contributed by atoms with Crippen molar-refractivity contribution >= 4 is 39.7 Å². The summed E-state index contributed by atoms with van der Waals surface area (Å²) in [4.78, 5) is 47.1. The molecule has 1 N–H and O–H groups in total. The van der Waals surface area contributed by atoms with Gasteiger partial charge >= 0.3 is 23.8 Å². The lowest BCUT2D eigenvalue weighted by molar-refractivity contribution is -0.143. The van der Waals surface area contributed by atoms with Crippen LogP contribution in [0, 0.1) is 0 Å². The lowest BCUT2D eigenvalue weighted by atomic mass is 10.1. The molecule has 1 heterocycles. The van der Waals surface area contributed by atoms with E-state index in [1.54, 1.807) is 0 Å². The van der Waals surface area contributed by atoms with Crippen LogP contribution >= 0.6 is 15.9 Å². The van der Waals surface area contributed by atoms with Crippen LogP contribution in [0.1, 0.15) is 15.9 Å². The Hall–Kier alpha value is -2.22. The average molecular weight is 341 g/mol. The molecular weight excluding hydrogens is 332 g/mol. The summed E-state index contributed by atoms with van der Waals surface area (Å²) in [5, 5.41) is 8.85. The molecule has 1 aromatic carbocycles. The molecule has 8 heteroatoms. The molecule has 7 nitrogen and oxygen atoms in total. The number of amides is 4. The van der Waals surface area contributed by atoms with Gasteiger partial charge in [0.15, 0.2) is 0 Å². The van der Waals surface area contributed by atoms with E-state index in [9.17, 15) is 19.2 Å². The monoisotopic (exact) mass is 340 g/mol. The fourth-order valence-corrected chi connectivity index (χ4v) is 2.24. The van der Waals surface area contributed by atoms with Gasteiger partial charge in [-0.15, -0.1) is 0 Å². The van der Waals surface area contributed by atoms with E-state index in [-0.39, 0.29) is 12.1 Å². The number of urea groups is 1. The first-order chi connectivity index (χ1) is 9.32. The second kappa shape index (κ2) is 5.04. The minimum Gasteiger partial charge on any atom is -0.478 e. The molecule has 104 valence electrons. The zero-order valence-corrected chi connectivity index (χ0v) is 11.9. The third kappa shape index (κ3) is 2.29. The van der Waals surface area contributed by atoms with Gasteiger partial charge in [0.25, 0.3) is 0 Å². The molecule has 1 saturated heterocycles. The topological polar surface area (TPSA) is 95.0 Å². The largest absolute Gasteiger partial charge is 0.478 e. The Labute approximate surface area is 121 Å². The first-order valence-electron chi connectivity index (χ1n) is 5.48. The summed E-state index contributed by atoms with van der Waals surface area (Å²) in [5.41, 5.74) is 0.604. The molecule has 0 unspecified atom stereocenters. The van der Waals surface area contributed by atoms with Crippen LogP contribution in [0.2, 0.25) is 0 Å². The van der Waals surface area contributed by atoms with Gasteiger partial charge in [-0.2, -0.15) is 0 Å². The lowest BCUT2D eigenvalue weighted by Crippen LogP contribution is -2.31. The molecule has 2 rings (SSSR count). The van der Waals surface area contributed by atoms with Crippen molar-refractivity contribution in [1.82, 2.24) is 9.80 Å². The molecule has 0 atom stereocenters. The van der Waals surface area contributed by atoms with Gasteiger partial charge in [0.2, 0.25) is 0 Å². The maximum atomic E-state index is 11.7. The van der Waals surface area contributed by atoms with E-state index < -0.39 is 23.8 Å². The van der Waals surface area contributed by atoms with Crippen LogP contribution in [0.25, 0.3) is 0 Å². The number of rotatable bonds is 3. The Bertz CT molecular complexity index is 643. The summed E-state index contributed by atoms with van der Waals surface area (Å²) in [6.45, 7) is -0.103. The predicted octanol–water partition coefficient (Wildman–Crippen LogP) is 1.07. The van der Waals surface area contributed by atoms with Crippen LogP contribution in [0.15, 0.2) is 22.7 Å². The molecule has 0 spiro atoms. The van der Waals surface area contributed by atoms with Gasteiger partial charge in [0, 0.05) is 11.5 Å². The highest BCUT2D eigenvalue weighted by Gasteiger charge is 2.42. The fraction of sp³-hybridized carbons (Fsp3) is 0.167. The molecule has 20 heavy (non-hydrogen) atoms. The van der Waals surface area contributed by atoms with E-state index in [2.05, 4.69) is 15.9 Å². The lowest BCUT2D eigenvalue weighted by Gasteiger charge is -2.14. The van der Waals surface area contributed by atoms with Crippen LogP contribution in [0.3, 0.4) is 0 Å². The molecule has 0 radical (unpaired) electrons. The van der Waals surface area contributed by atoms with Gasteiger partial charge in [-0.3, -0.25) is 19.4 Å². The highest BCUT2D eigenvalue weighted by Crippen LogP contribution is 2.22. The number of halogens is 1. The van der Waals surface area contributed by atoms with Crippen molar-refractivity contribution in [3.8, 4) is 0 Å². The summed E-state index contributed by atoms with van der Waals surface area (Å²) in [6.07, 6.45) is 0. The zero-order valence-electron chi connectivity index (χ0n) is 10.3. The minimum atomic E-state index is -1.08. The van der Waals surface area contributed by atoms with E-state index in [0.717, 1.165) is 9.80 Å². The van der Waals surface area contributed by atoms with Gasteiger partial charge in [-0.1, -0.05) is 22.0 Å². The first kappa shape index (κ1) is 14.2. The van der Waals surface area contributed by atoms with Gasteiger partial charge in [-0.05, 0) is 17.7 Å². The molecule has 1 fully saturated rings. The standard InChI is InChI=1S/C12H9BrN2O5/c1-14-9(16)10(17)15(12(14)20)5-7-3-2-6(11(18)19)4-8(7)13/h2-4H,5H2,1H3,(H,18,19). The predicted molar refractivity (Wildman–Crippen MR) is 69.8 cm³/mol. The molecule has 4 amide bonds. The van der Waals surface area contributed by atoms with Gasteiger partial charge in [0.1, 0.15) is 0 Å². The van der Waals surface area contributed by atoms with Crippen molar-refractivity contribution in [1.29, 1.82) is 0 Å². The second-order valence-electron chi connectivity index (χ2n) is 4.15. The van der Waals surface area contributed by atoms with E-state index in [0.29, 0.717) is 10.0 Å².